The van der Waals surface area contributed by atoms with Crippen LogP contribution in [0.4, 0.5) is 0 Å². The lowest BCUT2D eigenvalue weighted by molar-refractivity contribution is -0.140. The van der Waals surface area contributed by atoms with Gasteiger partial charge in [0.25, 0.3) is 0 Å². The van der Waals surface area contributed by atoms with E-state index < -0.39 is 18.9 Å². The van der Waals surface area contributed by atoms with Crippen LogP contribution in [0.3, 0.4) is 0 Å². The third-order valence-corrected chi connectivity index (χ3v) is 3.03. The maximum atomic E-state index is 11.4. The zero-order chi connectivity index (χ0) is 9.07. The molecule has 0 aromatic heterocycles. The Morgan fingerprint density at radius 3 is 2.09 bits per heavy atom. The highest BCUT2D eigenvalue weighted by Gasteiger charge is 2.29. The average Bonchev–Trinajstić information content (AvgIpc) is 1.86. The molecule has 0 aliphatic rings. The van der Waals surface area contributed by atoms with E-state index in [1.165, 1.54) is 7.11 Å². The number of ether oxygens (including phenoxy) is 1. The first-order valence-electron chi connectivity index (χ1n) is 3.23. The Balaban J connectivity index is 4.42. The second-order valence-electron chi connectivity index (χ2n) is 2.65. The van der Waals surface area contributed by atoms with Crippen molar-refractivity contribution in [2.24, 2.45) is 0 Å². The highest BCUT2D eigenvalue weighted by Crippen LogP contribution is 2.40. The van der Waals surface area contributed by atoms with Crippen molar-refractivity contribution in [2.45, 2.75) is 5.78 Å². The topological polar surface area (TPSA) is 55.4 Å². The van der Waals surface area contributed by atoms with Crippen LogP contribution in [0, 0.1) is 0 Å². The third-order valence-electron chi connectivity index (χ3n) is 1.32. The molecule has 0 rings (SSSR count). The summed E-state index contributed by atoms with van der Waals surface area (Å²) in [5.41, 5.74) is 0. The molecule has 0 aliphatic heterocycles. The number of hydrogen-bond acceptors (Lipinski definition) is 4. The average molecular weight is 179 g/mol. The quantitative estimate of drug-likeness (QED) is 0.501. The predicted molar refractivity (Wildman–Crippen MR) is 44.3 cm³/mol. The van der Waals surface area contributed by atoms with Gasteiger partial charge in [0.15, 0.2) is 5.78 Å². The van der Waals surface area contributed by atoms with E-state index in [9.17, 15) is 9.36 Å². The molecule has 0 saturated heterocycles. The van der Waals surface area contributed by atoms with E-state index >= 15 is 0 Å². The normalized spacial score (nSPS) is 14.2. The monoisotopic (exact) mass is 179 g/mol. The van der Waals surface area contributed by atoms with E-state index in [4.69, 9.17) is 0 Å². The standard InChI is InChI=1S/C6H14NO3P/c1-7-5(6(8)10-2)11(3,4)9/h5,7H,1-4H3. The van der Waals surface area contributed by atoms with E-state index in [-0.39, 0.29) is 0 Å². The molecule has 11 heavy (non-hydrogen) atoms. The Kier molecular flexibility index (Phi) is 3.76. The molecule has 1 unspecified atom stereocenters. The van der Waals surface area contributed by atoms with Crippen LogP contribution >= 0.6 is 7.14 Å². The van der Waals surface area contributed by atoms with Crippen LogP contribution in [0.1, 0.15) is 0 Å². The van der Waals surface area contributed by atoms with Crippen molar-refractivity contribution < 1.29 is 14.1 Å². The Labute approximate surface area is 66.7 Å². The van der Waals surface area contributed by atoms with Crippen LogP contribution in [0.5, 0.6) is 0 Å². The van der Waals surface area contributed by atoms with E-state index in [0.717, 1.165) is 0 Å². The van der Waals surface area contributed by atoms with Gasteiger partial charge in [-0.1, -0.05) is 0 Å². The first kappa shape index (κ1) is 10.7. The second kappa shape index (κ2) is 3.88. The summed E-state index contributed by atoms with van der Waals surface area (Å²) in [6, 6.07) is 0. The van der Waals surface area contributed by atoms with E-state index in [1.54, 1.807) is 20.4 Å². The number of esters is 1. The molecule has 1 N–H and O–H groups in total. The fraction of sp³-hybridized carbons (Fsp3) is 0.833. The van der Waals surface area contributed by atoms with Crippen LogP contribution < -0.4 is 5.32 Å². The molecule has 0 spiro atoms. The molecule has 0 fully saturated rings. The molecule has 0 aliphatic carbocycles. The summed E-state index contributed by atoms with van der Waals surface area (Å²) in [5, 5.41) is 2.66. The van der Waals surface area contributed by atoms with Crippen molar-refractivity contribution in [3.05, 3.63) is 0 Å². The van der Waals surface area contributed by atoms with Gasteiger partial charge in [0.1, 0.15) is 7.14 Å². The van der Waals surface area contributed by atoms with Crippen molar-refractivity contribution >= 4 is 13.1 Å². The van der Waals surface area contributed by atoms with Crippen molar-refractivity contribution in [3.8, 4) is 0 Å². The molecule has 0 bridgehead atoms. The van der Waals surface area contributed by atoms with Gasteiger partial charge in [-0.25, -0.2) is 4.79 Å². The van der Waals surface area contributed by atoms with Gasteiger partial charge >= 0.3 is 5.97 Å². The van der Waals surface area contributed by atoms with Crippen molar-refractivity contribution in [2.75, 3.05) is 27.5 Å². The smallest absolute Gasteiger partial charge is 0.330 e. The van der Waals surface area contributed by atoms with Crippen molar-refractivity contribution in [3.63, 3.8) is 0 Å². The van der Waals surface area contributed by atoms with Gasteiger partial charge in [-0.2, -0.15) is 0 Å². The fourth-order valence-corrected chi connectivity index (χ4v) is 2.03. The summed E-state index contributed by atoms with van der Waals surface area (Å²) in [4.78, 5) is 10.9. The van der Waals surface area contributed by atoms with E-state index in [1.807, 2.05) is 0 Å². The molecular formula is C6H14NO3P. The van der Waals surface area contributed by atoms with Gasteiger partial charge in [0.05, 0.1) is 7.11 Å². The maximum absolute atomic E-state index is 11.4. The number of likely N-dealkylation sites (N-methyl/N-ethyl adjacent to an activating group) is 1. The first-order chi connectivity index (χ1) is 4.93. The Morgan fingerprint density at radius 2 is 2.00 bits per heavy atom. The zero-order valence-electron chi connectivity index (χ0n) is 7.25. The lowest BCUT2D eigenvalue weighted by Gasteiger charge is -2.17. The second-order valence-corrected chi connectivity index (χ2v) is 6.03. The Bertz CT molecular complexity index is 186. The van der Waals surface area contributed by atoms with Gasteiger partial charge in [-0.3, -0.25) is 0 Å². The summed E-state index contributed by atoms with van der Waals surface area (Å²) in [5.74, 6) is -1.15. The number of carbonyl (C=O) groups is 1. The summed E-state index contributed by atoms with van der Waals surface area (Å²) in [7, 11) is 0.430. The highest BCUT2D eigenvalue weighted by atomic mass is 31.2. The molecule has 1 atom stereocenters. The summed E-state index contributed by atoms with van der Waals surface area (Å²) in [6.45, 7) is 3.09. The number of hydrogen-bond donors (Lipinski definition) is 1. The van der Waals surface area contributed by atoms with Gasteiger partial charge in [-0.15, -0.1) is 0 Å². The molecule has 0 radical (unpaired) electrons. The largest absolute Gasteiger partial charge is 0.467 e. The van der Waals surface area contributed by atoms with Crippen LogP contribution in [0.15, 0.2) is 0 Å². The molecule has 4 nitrogen and oxygen atoms in total. The lowest BCUT2D eigenvalue weighted by atomic mass is 10.6. The first-order valence-corrected chi connectivity index (χ1v) is 5.90. The van der Waals surface area contributed by atoms with Gasteiger partial charge in [0.2, 0.25) is 0 Å². The molecule has 0 aromatic rings. The van der Waals surface area contributed by atoms with Gasteiger partial charge in [-0.05, 0) is 20.4 Å². The molecule has 0 aromatic carbocycles. The molecule has 0 amide bonds. The summed E-state index contributed by atoms with van der Waals surface area (Å²) in [6.07, 6.45) is 0. The third kappa shape index (κ3) is 3.04. The van der Waals surface area contributed by atoms with Gasteiger partial charge in [0, 0.05) is 0 Å². The minimum Gasteiger partial charge on any atom is -0.467 e. The fourth-order valence-electron chi connectivity index (χ4n) is 0.794. The van der Waals surface area contributed by atoms with E-state index in [0.29, 0.717) is 0 Å². The number of carbonyl (C=O) groups excluding carboxylic acids is 1. The molecule has 0 saturated carbocycles. The van der Waals surface area contributed by atoms with Crippen molar-refractivity contribution in [1.29, 1.82) is 0 Å². The van der Waals surface area contributed by atoms with Crippen LogP contribution in [0.2, 0.25) is 0 Å². The Morgan fingerprint density at radius 1 is 1.55 bits per heavy atom. The molecule has 5 heteroatoms. The van der Waals surface area contributed by atoms with Crippen LogP contribution in [-0.2, 0) is 14.1 Å². The maximum Gasteiger partial charge on any atom is 0.330 e. The minimum atomic E-state index is -2.43. The Hall–Kier alpha value is -0.340. The highest BCUT2D eigenvalue weighted by molar-refractivity contribution is 7.64. The van der Waals surface area contributed by atoms with Gasteiger partial charge < -0.3 is 14.6 Å². The molecule has 0 heterocycles. The summed E-state index contributed by atoms with van der Waals surface area (Å²) < 4.78 is 15.8. The predicted octanol–water partition coefficient (Wildman–Crippen LogP) is 0.328. The SMILES string of the molecule is CNC(C(=O)OC)P(C)(C)=O. The lowest BCUT2D eigenvalue weighted by Crippen LogP contribution is -2.34. The molecular weight excluding hydrogens is 165 g/mol. The van der Waals surface area contributed by atoms with Crippen LogP contribution in [0.25, 0.3) is 0 Å². The molecule has 66 valence electrons. The number of rotatable bonds is 3. The van der Waals surface area contributed by atoms with E-state index in [2.05, 4.69) is 10.1 Å². The van der Waals surface area contributed by atoms with Crippen LogP contribution in [-0.4, -0.2) is 39.2 Å². The summed E-state index contributed by atoms with van der Waals surface area (Å²) >= 11 is 0. The van der Waals surface area contributed by atoms with Crippen molar-refractivity contribution in [1.82, 2.24) is 5.32 Å². The zero-order valence-corrected chi connectivity index (χ0v) is 8.14. The number of nitrogens with one attached hydrogen (secondary N) is 1. The minimum absolute atomic E-state index is 0.471. The number of methoxy groups -OCH3 is 1.